The van der Waals surface area contributed by atoms with E-state index in [1.54, 1.807) is 6.20 Å². The molecular weight excluding hydrogens is 462 g/mol. The Kier molecular flexibility index (Phi) is 4.88. The van der Waals surface area contributed by atoms with Crippen molar-refractivity contribution in [3.63, 3.8) is 0 Å². The second kappa shape index (κ2) is 7.66. The number of aromatic nitrogens is 2. The Morgan fingerprint density at radius 1 is 1.20 bits per heavy atom. The maximum Gasteiger partial charge on any atom is 0.234 e. The predicted molar refractivity (Wildman–Crippen MR) is 134 cm³/mol. The Morgan fingerprint density at radius 3 is 2.57 bits per heavy atom. The van der Waals surface area contributed by atoms with Gasteiger partial charge >= 0.3 is 0 Å². The average molecular weight is 490 g/mol. The van der Waals surface area contributed by atoms with Crippen molar-refractivity contribution < 1.29 is 14.4 Å². The number of hydrogen-bond donors (Lipinski definition) is 2. The Bertz CT molecular complexity index is 1400. The monoisotopic (exact) mass is 489 g/mol. The minimum absolute atomic E-state index is 0.0107. The van der Waals surface area contributed by atoms with Crippen LogP contribution in [0.15, 0.2) is 24.4 Å². The van der Waals surface area contributed by atoms with Gasteiger partial charge in [0, 0.05) is 35.4 Å². The Balaban J connectivity index is 1.36. The van der Waals surface area contributed by atoms with Crippen LogP contribution in [0.1, 0.15) is 30.0 Å². The van der Waals surface area contributed by atoms with Crippen molar-refractivity contribution in [3.8, 4) is 11.3 Å². The molecule has 6 rings (SSSR count). The number of imide groups is 1. The molecule has 2 atom stereocenters. The van der Waals surface area contributed by atoms with E-state index in [1.165, 1.54) is 16.2 Å². The molecule has 5 heterocycles. The molecule has 0 aromatic carbocycles. The molecule has 2 N–H and O–H groups in total. The number of aryl methyl sites for hydroxylation is 2. The third-order valence-electron chi connectivity index (χ3n) is 7.67. The summed E-state index contributed by atoms with van der Waals surface area (Å²) in [5, 5.41) is 6.25. The molecule has 0 radical (unpaired) electrons. The van der Waals surface area contributed by atoms with Gasteiger partial charge in [0.25, 0.3) is 0 Å². The normalized spacial score (nSPS) is 22.9. The first-order chi connectivity index (χ1) is 16.7. The van der Waals surface area contributed by atoms with E-state index in [0.717, 1.165) is 31.9 Å². The highest BCUT2D eigenvalue weighted by molar-refractivity contribution is 7.19. The van der Waals surface area contributed by atoms with E-state index < -0.39 is 0 Å². The predicted octanol–water partition coefficient (Wildman–Crippen LogP) is 3.27. The van der Waals surface area contributed by atoms with E-state index in [9.17, 15) is 14.4 Å². The second-order valence-corrected chi connectivity index (χ2v) is 11.6. The lowest BCUT2D eigenvalue weighted by atomic mass is 10.0. The summed E-state index contributed by atoms with van der Waals surface area (Å²) in [4.78, 5) is 50.1. The van der Waals surface area contributed by atoms with Crippen LogP contribution >= 0.6 is 11.3 Å². The number of piperidine rings is 1. The fourth-order valence-electron chi connectivity index (χ4n) is 5.46. The zero-order chi connectivity index (χ0) is 24.6. The highest BCUT2D eigenvalue weighted by Gasteiger charge is 2.72. The quantitative estimate of drug-likeness (QED) is 0.533. The van der Waals surface area contributed by atoms with Crippen LogP contribution in [0.5, 0.6) is 0 Å². The van der Waals surface area contributed by atoms with E-state index in [2.05, 4.69) is 15.6 Å². The highest BCUT2D eigenvalue weighted by atomic mass is 32.1. The van der Waals surface area contributed by atoms with E-state index >= 15 is 0 Å². The number of carbonyl (C=O) groups excluding carboxylic acids is 3. The molecule has 180 valence electrons. The summed E-state index contributed by atoms with van der Waals surface area (Å²) in [6.45, 7) is 9.51. The van der Waals surface area contributed by atoms with Crippen LogP contribution in [-0.4, -0.2) is 45.7 Å². The van der Waals surface area contributed by atoms with Gasteiger partial charge in [0.05, 0.1) is 45.9 Å². The molecule has 2 saturated heterocycles. The number of anilines is 1. The molecule has 3 aromatic heterocycles. The molecule has 2 aliphatic heterocycles. The highest BCUT2D eigenvalue weighted by Crippen LogP contribution is 2.63. The fraction of sp³-hybridized carbons (Fsp3) is 0.423. The van der Waals surface area contributed by atoms with Gasteiger partial charge in [0.2, 0.25) is 17.7 Å². The van der Waals surface area contributed by atoms with Crippen LogP contribution in [0.2, 0.25) is 0 Å². The Labute approximate surface area is 207 Å². The zero-order valence-electron chi connectivity index (χ0n) is 20.1. The number of pyridine rings is 2. The van der Waals surface area contributed by atoms with E-state index in [1.807, 2.05) is 45.9 Å². The molecule has 1 saturated carbocycles. The van der Waals surface area contributed by atoms with Gasteiger partial charge in [-0.15, -0.1) is 11.3 Å². The lowest BCUT2D eigenvalue weighted by molar-refractivity contribution is -0.143. The van der Waals surface area contributed by atoms with Gasteiger partial charge in [-0.25, -0.2) is 0 Å². The second-order valence-electron chi connectivity index (χ2n) is 10.5. The number of fused-ring (bicyclic) bond motifs is 2. The molecule has 0 spiro atoms. The number of carbonyl (C=O) groups is 3. The van der Waals surface area contributed by atoms with Crippen molar-refractivity contribution in [2.24, 2.45) is 23.2 Å². The number of thiophene rings is 1. The van der Waals surface area contributed by atoms with Crippen molar-refractivity contribution in [1.29, 1.82) is 0 Å². The minimum Gasteiger partial charge on any atom is -0.324 e. The van der Waals surface area contributed by atoms with Crippen molar-refractivity contribution in [3.05, 3.63) is 40.5 Å². The van der Waals surface area contributed by atoms with Crippen molar-refractivity contribution in [2.45, 2.75) is 34.2 Å². The molecule has 1 aliphatic carbocycles. The van der Waals surface area contributed by atoms with Gasteiger partial charge in [-0.05, 0) is 43.0 Å². The van der Waals surface area contributed by atoms with Crippen LogP contribution in [0, 0.1) is 37.0 Å². The van der Waals surface area contributed by atoms with Crippen molar-refractivity contribution >= 4 is 45.0 Å². The van der Waals surface area contributed by atoms with Crippen molar-refractivity contribution in [1.82, 2.24) is 20.2 Å². The first-order valence-corrected chi connectivity index (χ1v) is 12.7. The summed E-state index contributed by atoms with van der Waals surface area (Å²) in [5.41, 5.74) is 4.67. The van der Waals surface area contributed by atoms with Crippen LogP contribution in [-0.2, 0) is 20.9 Å². The molecule has 3 aromatic rings. The van der Waals surface area contributed by atoms with Crippen LogP contribution in [0.3, 0.4) is 0 Å². The molecule has 8 nitrogen and oxygen atoms in total. The number of likely N-dealkylation sites (tertiary alicyclic amines) is 1. The summed E-state index contributed by atoms with van der Waals surface area (Å²) < 4.78 is 0.922. The average Bonchev–Trinajstić information content (AvgIpc) is 3.01. The largest absolute Gasteiger partial charge is 0.324 e. The number of hydrogen-bond acceptors (Lipinski definition) is 7. The summed E-state index contributed by atoms with van der Waals surface area (Å²) in [6, 6.07) is 5.82. The Hall–Kier alpha value is -3.17. The summed E-state index contributed by atoms with van der Waals surface area (Å²) >= 11 is 1.52. The standard InChI is InChI=1S/C26H27N5O3S/c1-12-7-13(2)29-21(20(12)30-23(32)14-9-27-10-14)16-5-6-28-17-8-15(35-22(16)17)11-31-24(33)18-19(25(31)34)26(18,3)4/h5-8,14,18-19,27H,9-11H2,1-4H3,(H,30,32). The number of nitrogens with one attached hydrogen (secondary N) is 2. The Morgan fingerprint density at radius 2 is 1.91 bits per heavy atom. The first kappa shape index (κ1) is 22.3. The number of amides is 3. The molecule has 35 heavy (non-hydrogen) atoms. The van der Waals surface area contributed by atoms with E-state index in [0.29, 0.717) is 24.5 Å². The lowest BCUT2D eigenvalue weighted by Crippen LogP contribution is -2.48. The third kappa shape index (κ3) is 3.40. The van der Waals surface area contributed by atoms with Gasteiger partial charge in [-0.2, -0.15) is 0 Å². The van der Waals surface area contributed by atoms with E-state index in [-0.39, 0.29) is 47.4 Å². The lowest BCUT2D eigenvalue weighted by Gasteiger charge is -2.26. The van der Waals surface area contributed by atoms with Crippen LogP contribution in [0.25, 0.3) is 21.5 Å². The van der Waals surface area contributed by atoms with Crippen LogP contribution < -0.4 is 10.6 Å². The van der Waals surface area contributed by atoms with E-state index in [4.69, 9.17) is 4.98 Å². The van der Waals surface area contributed by atoms with Gasteiger partial charge in [0.1, 0.15) is 0 Å². The minimum atomic E-state index is -0.218. The molecule has 0 bridgehead atoms. The van der Waals surface area contributed by atoms with Gasteiger partial charge in [-0.1, -0.05) is 13.8 Å². The molecule has 9 heteroatoms. The van der Waals surface area contributed by atoms with Gasteiger partial charge < -0.3 is 10.6 Å². The summed E-state index contributed by atoms with van der Waals surface area (Å²) in [6.07, 6.45) is 1.73. The van der Waals surface area contributed by atoms with Crippen LogP contribution in [0.4, 0.5) is 5.69 Å². The third-order valence-corrected chi connectivity index (χ3v) is 8.81. The summed E-state index contributed by atoms with van der Waals surface area (Å²) in [5.74, 6) is -0.558. The van der Waals surface area contributed by atoms with Gasteiger partial charge in [-0.3, -0.25) is 29.3 Å². The molecule has 3 aliphatic rings. The van der Waals surface area contributed by atoms with Gasteiger partial charge in [0.15, 0.2) is 0 Å². The summed E-state index contributed by atoms with van der Waals surface area (Å²) in [7, 11) is 0. The maximum atomic E-state index is 12.8. The molecule has 2 unspecified atom stereocenters. The number of nitrogens with zero attached hydrogens (tertiary/aromatic N) is 3. The zero-order valence-corrected chi connectivity index (χ0v) is 21.0. The SMILES string of the molecule is Cc1cc(C)c(NC(=O)C2CNC2)c(-c2ccnc3cc(CN4C(=O)C5C(C4=O)C5(C)C)sc23)n1. The smallest absolute Gasteiger partial charge is 0.234 e. The topological polar surface area (TPSA) is 104 Å². The first-order valence-electron chi connectivity index (χ1n) is 11.9. The molecule has 3 fully saturated rings. The maximum absolute atomic E-state index is 12.8. The molecular formula is C26H27N5O3S. The van der Waals surface area contributed by atoms with Crippen molar-refractivity contribution in [2.75, 3.05) is 18.4 Å². The molecule has 3 amide bonds. The number of rotatable bonds is 5. The fourth-order valence-corrected chi connectivity index (χ4v) is 6.57.